The molecule has 0 fully saturated rings. The Morgan fingerprint density at radius 2 is 2.15 bits per heavy atom. The Balaban J connectivity index is 2.05. The summed E-state index contributed by atoms with van der Waals surface area (Å²) in [7, 11) is 3.24. The fourth-order valence-electron chi connectivity index (χ4n) is 1.51. The molecule has 0 aliphatic rings. The summed E-state index contributed by atoms with van der Waals surface area (Å²) < 4.78 is 6.74. The van der Waals surface area contributed by atoms with Crippen LogP contribution in [0.15, 0.2) is 29.4 Å². The zero-order valence-electron chi connectivity index (χ0n) is 11.2. The molecule has 0 spiro atoms. The highest BCUT2D eigenvalue weighted by molar-refractivity contribution is 7.99. The number of carbonyl (C=O) groups excluding carboxylic acids is 1. The normalized spacial score (nSPS) is 10.3. The zero-order valence-corrected chi connectivity index (χ0v) is 12.1. The maximum absolute atomic E-state index is 11.2. The Bertz CT molecular complexity index is 569. The number of aromatic nitrogens is 4. The summed E-state index contributed by atoms with van der Waals surface area (Å²) in [6.07, 6.45) is 0.427. The molecule has 0 unspecified atom stereocenters. The number of benzene rings is 1. The lowest BCUT2D eigenvalue weighted by molar-refractivity contribution is -0.120. The van der Waals surface area contributed by atoms with Crippen LogP contribution in [-0.4, -0.2) is 46.0 Å². The summed E-state index contributed by atoms with van der Waals surface area (Å²) in [5.74, 6) is 1.40. The molecule has 1 aromatic carbocycles. The largest absolute Gasteiger partial charge is 0.497 e. The van der Waals surface area contributed by atoms with Gasteiger partial charge in [-0.3, -0.25) is 4.79 Å². The number of nitrogens with one attached hydrogen (secondary N) is 1. The summed E-state index contributed by atoms with van der Waals surface area (Å²) in [4.78, 5) is 11.2. The van der Waals surface area contributed by atoms with E-state index in [1.165, 1.54) is 11.8 Å². The summed E-state index contributed by atoms with van der Waals surface area (Å²) in [5, 5.41) is 14.8. The molecule has 0 radical (unpaired) electrons. The van der Waals surface area contributed by atoms with Crippen molar-refractivity contribution >= 4 is 17.7 Å². The minimum Gasteiger partial charge on any atom is -0.497 e. The number of ether oxygens (including phenoxy) is 1. The van der Waals surface area contributed by atoms with Crippen LogP contribution < -0.4 is 10.1 Å². The van der Waals surface area contributed by atoms with E-state index in [2.05, 4.69) is 20.8 Å². The first-order valence-electron chi connectivity index (χ1n) is 6.01. The molecule has 2 aromatic rings. The van der Waals surface area contributed by atoms with Crippen molar-refractivity contribution in [1.82, 2.24) is 25.5 Å². The third-order valence-corrected chi connectivity index (χ3v) is 3.52. The van der Waals surface area contributed by atoms with Crippen molar-refractivity contribution in [2.24, 2.45) is 0 Å². The Morgan fingerprint density at radius 3 is 2.80 bits per heavy atom. The second kappa shape index (κ2) is 6.90. The van der Waals surface area contributed by atoms with Gasteiger partial charge >= 0.3 is 0 Å². The zero-order chi connectivity index (χ0) is 14.4. The van der Waals surface area contributed by atoms with Gasteiger partial charge in [0.25, 0.3) is 0 Å². The highest BCUT2D eigenvalue weighted by Gasteiger charge is 2.09. The molecule has 2 rings (SSSR count). The van der Waals surface area contributed by atoms with E-state index in [-0.39, 0.29) is 5.91 Å². The quantitative estimate of drug-likeness (QED) is 0.797. The van der Waals surface area contributed by atoms with Crippen LogP contribution in [0.1, 0.15) is 6.42 Å². The Morgan fingerprint density at radius 1 is 1.40 bits per heavy atom. The SMILES string of the molecule is CNC(=O)CCSc1nnnn1-c1ccc(OC)cc1. The van der Waals surface area contributed by atoms with Gasteiger partial charge in [0, 0.05) is 19.2 Å². The first-order valence-corrected chi connectivity index (χ1v) is 6.99. The van der Waals surface area contributed by atoms with Crippen molar-refractivity contribution in [1.29, 1.82) is 0 Å². The van der Waals surface area contributed by atoms with E-state index in [9.17, 15) is 4.79 Å². The number of rotatable bonds is 6. The van der Waals surface area contributed by atoms with Crippen LogP contribution in [0.25, 0.3) is 5.69 Å². The molecule has 1 heterocycles. The fourth-order valence-corrected chi connectivity index (χ4v) is 2.34. The highest BCUT2D eigenvalue weighted by atomic mass is 32.2. The molecule has 0 atom stereocenters. The third kappa shape index (κ3) is 3.47. The predicted molar refractivity (Wildman–Crippen MR) is 75.1 cm³/mol. The standard InChI is InChI=1S/C12H15N5O2S/c1-13-11(18)7-8-20-12-14-15-16-17(12)9-3-5-10(19-2)6-4-9/h3-6H,7-8H2,1-2H3,(H,13,18). The van der Waals surface area contributed by atoms with Gasteiger partial charge in [-0.2, -0.15) is 4.68 Å². The summed E-state index contributed by atoms with van der Waals surface area (Å²) in [5.41, 5.74) is 0.846. The molecule has 1 aromatic heterocycles. The maximum Gasteiger partial charge on any atom is 0.220 e. The minimum atomic E-state index is 0.000900. The Labute approximate surface area is 120 Å². The van der Waals surface area contributed by atoms with Crippen LogP contribution in [0.5, 0.6) is 5.75 Å². The molecule has 1 N–H and O–H groups in total. The molecular weight excluding hydrogens is 278 g/mol. The van der Waals surface area contributed by atoms with Crippen LogP contribution in [0.2, 0.25) is 0 Å². The topological polar surface area (TPSA) is 81.9 Å². The average molecular weight is 293 g/mol. The number of tetrazole rings is 1. The number of hydrogen-bond donors (Lipinski definition) is 1. The summed E-state index contributed by atoms with van der Waals surface area (Å²) in [6.45, 7) is 0. The lowest BCUT2D eigenvalue weighted by Crippen LogP contribution is -2.17. The van der Waals surface area contributed by atoms with Crippen molar-refractivity contribution in [2.45, 2.75) is 11.6 Å². The third-order valence-electron chi connectivity index (χ3n) is 2.60. The van der Waals surface area contributed by atoms with Gasteiger partial charge in [-0.05, 0) is 34.7 Å². The van der Waals surface area contributed by atoms with Crippen molar-refractivity contribution in [3.05, 3.63) is 24.3 Å². The lowest BCUT2D eigenvalue weighted by Gasteiger charge is -2.05. The van der Waals surface area contributed by atoms with Crippen molar-refractivity contribution < 1.29 is 9.53 Å². The van der Waals surface area contributed by atoms with Crippen LogP contribution >= 0.6 is 11.8 Å². The molecule has 0 aliphatic heterocycles. The van der Waals surface area contributed by atoms with Gasteiger partial charge in [0.05, 0.1) is 12.8 Å². The molecule has 8 heteroatoms. The second-order valence-electron chi connectivity index (χ2n) is 3.84. The number of carbonyl (C=O) groups is 1. The van der Waals surface area contributed by atoms with Crippen LogP contribution in [-0.2, 0) is 4.79 Å². The lowest BCUT2D eigenvalue weighted by atomic mass is 10.3. The van der Waals surface area contributed by atoms with Crippen molar-refractivity contribution in [3.63, 3.8) is 0 Å². The second-order valence-corrected chi connectivity index (χ2v) is 4.90. The Hall–Kier alpha value is -2.09. The van der Waals surface area contributed by atoms with Gasteiger partial charge < -0.3 is 10.1 Å². The van der Waals surface area contributed by atoms with E-state index >= 15 is 0 Å². The van der Waals surface area contributed by atoms with E-state index < -0.39 is 0 Å². The Kier molecular flexibility index (Phi) is 4.94. The summed E-state index contributed by atoms with van der Waals surface area (Å²) in [6, 6.07) is 7.43. The summed E-state index contributed by atoms with van der Waals surface area (Å²) >= 11 is 1.44. The van der Waals surface area contributed by atoms with Gasteiger partial charge in [0.15, 0.2) is 0 Å². The first kappa shape index (κ1) is 14.3. The van der Waals surface area contributed by atoms with Crippen molar-refractivity contribution in [3.8, 4) is 11.4 Å². The molecule has 0 saturated heterocycles. The van der Waals surface area contributed by atoms with Gasteiger partial charge in [0.2, 0.25) is 11.1 Å². The van der Waals surface area contributed by atoms with E-state index in [4.69, 9.17) is 4.74 Å². The molecule has 7 nitrogen and oxygen atoms in total. The molecule has 0 aliphatic carbocycles. The van der Waals surface area contributed by atoms with Crippen LogP contribution in [0, 0.1) is 0 Å². The smallest absolute Gasteiger partial charge is 0.220 e. The van der Waals surface area contributed by atoms with Gasteiger partial charge in [-0.15, -0.1) is 5.10 Å². The van der Waals surface area contributed by atoms with E-state index in [1.807, 2.05) is 24.3 Å². The number of thioether (sulfide) groups is 1. The number of amides is 1. The van der Waals surface area contributed by atoms with E-state index in [1.54, 1.807) is 18.8 Å². The number of hydrogen-bond acceptors (Lipinski definition) is 6. The monoisotopic (exact) mass is 293 g/mol. The van der Waals surface area contributed by atoms with Gasteiger partial charge in [0.1, 0.15) is 5.75 Å². The molecule has 106 valence electrons. The number of nitrogens with zero attached hydrogens (tertiary/aromatic N) is 4. The molecule has 20 heavy (non-hydrogen) atoms. The molecule has 0 saturated carbocycles. The maximum atomic E-state index is 11.2. The van der Waals surface area contributed by atoms with E-state index in [0.717, 1.165) is 11.4 Å². The van der Waals surface area contributed by atoms with Crippen LogP contribution in [0.4, 0.5) is 0 Å². The fraction of sp³-hybridized carbons (Fsp3) is 0.333. The van der Waals surface area contributed by atoms with Gasteiger partial charge in [-0.1, -0.05) is 11.8 Å². The highest BCUT2D eigenvalue weighted by Crippen LogP contribution is 2.20. The van der Waals surface area contributed by atoms with Crippen molar-refractivity contribution in [2.75, 3.05) is 19.9 Å². The van der Waals surface area contributed by atoms with Gasteiger partial charge in [-0.25, -0.2) is 0 Å². The predicted octanol–water partition coefficient (Wildman–Crippen LogP) is 0.899. The van der Waals surface area contributed by atoms with Crippen LogP contribution in [0.3, 0.4) is 0 Å². The molecule has 0 bridgehead atoms. The number of methoxy groups -OCH3 is 1. The first-order chi connectivity index (χ1) is 9.74. The van der Waals surface area contributed by atoms with E-state index in [0.29, 0.717) is 17.3 Å². The molecular formula is C12H15N5O2S. The average Bonchev–Trinajstić information content (AvgIpc) is 2.95. The minimum absolute atomic E-state index is 0.000900. The molecule has 1 amide bonds.